The third kappa shape index (κ3) is 1.95. The van der Waals surface area contributed by atoms with Crippen LogP contribution in [0.2, 0.25) is 0 Å². The van der Waals surface area contributed by atoms with Crippen LogP contribution in [0.1, 0.15) is 0 Å². The standard InChI is InChI=1S/C14H12FN3O2/c1-19-12-5-10-11(6-13(12)20-2)18-14(17-10)8-3-4-16-7-9(8)15/h3-7H,1-2H3,(H,17,18). The van der Waals surface area contributed by atoms with Crippen molar-refractivity contribution >= 4 is 11.0 Å². The molecule has 6 heteroatoms. The average Bonchev–Trinajstić information content (AvgIpc) is 2.88. The van der Waals surface area contributed by atoms with Gasteiger partial charge in [0, 0.05) is 18.3 Å². The molecular formula is C14H12FN3O2. The van der Waals surface area contributed by atoms with Crippen LogP contribution in [0.15, 0.2) is 30.6 Å². The molecule has 0 radical (unpaired) electrons. The topological polar surface area (TPSA) is 60.0 Å². The van der Waals surface area contributed by atoms with E-state index in [0.717, 1.165) is 11.7 Å². The molecule has 5 nitrogen and oxygen atoms in total. The van der Waals surface area contributed by atoms with E-state index < -0.39 is 5.82 Å². The summed E-state index contributed by atoms with van der Waals surface area (Å²) in [5.41, 5.74) is 1.79. The summed E-state index contributed by atoms with van der Waals surface area (Å²) in [5.74, 6) is 1.18. The van der Waals surface area contributed by atoms with E-state index in [1.54, 1.807) is 32.4 Å². The second-order valence-corrected chi connectivity index (χ2v) is 4.17. The van der Waals surface area contributed by atoms with Gasteiger partial charge in [0.2, 0.25) is 0 Å². The van der Waals surface area contributed by atoms with Gasteiger partial charge in [-0.2, -0.15) is 0 Å². The van der Waals surface area contributed by atoms with Crippen molar-refractivity contribution in [2.24, 2.45) is 0 Å². The molecule has 0 aliphatic rings. The van der Waals surface area contributed by atoms with Gasteiger partial charge in [0.1, 0.15) is 5.82 Å². The molecule has 0 bridgehead atoms. The monoisotopic (exact) mass is 273 g/mol. The van der Waals surface area contributed by atoms with Crippen molar-refractivity contribution in [3.05, 3.63) is 36.4 Å². The fourth-order valence-electron chi connectivity index (χ4n) is 2.03. The molecule has 2 heterocycles. The van der Waals surface area contributed by atoms with Gasteiger partial charge in [0.05, 0.1) is 37.0 Å². The molecular weight excluding hydrogens is 261 g/mol. The number of nitrogens with one attached hydrogen (secondary N) is 1. The predicted octanol–water partition coefficient (Wildman–Crippen LogP) is 2.78. The predicted molar refractivity (Wildman–Crippen MR) is 72.4 cm³/mol. The number of halogens is 1. The Morgan fingerprint density at radius 1 is 1.15 bits per heavy atom. The summed E-state index contributed by atoms with van der Waals surface area (Å²) in [6.07, 6.45) is 2.68. The van der Waals surface area contributed by atoms with Crippen LogP contribution in [-0.2, 0) is 0 Å². The lowest BCUT2D eigenvalue weighted by Gasteiger charge is -2.06. The van der Waals surface area contributed by atoms with Gasteiger partial charge in [-0.25, -0.2) is 9.37 Å². The Hall–Kier alpha value is -2.63. The van der Waals surface area contributed by atoms with Crippen LogP contribution in [-0.4, -0.2) is 29.2 Å². The molecule has 0 atom stereocenters. The van der Waals surface area contributed by atoms with E-state index in [4.69, 9.17) is 9.47 Å². The number of fused-ring (bicyclic) bond motifs is 1. The van der Waals surface area contributed by atoms with E-state index in [9.17, 15) is 4.39 Å². The molecule has 0 fully saturated rings. The Bertz CT molecular complexity index is 729. The molecule has 102 valence electrons. The normalized spacial score (nSPS) is 10.8. The SMILES string of the molecule is COc1cc2nc(-c3ccncc3F)[nH]c2cc1OC. The third-order valence-electron chi connectivity index (χ3n) is 3.01. The maximum absolute atomic E-state index is 13.7. The zero-order valence-electron chi connectivity index (χ0n) is 11.0. The van der Waals surface area contributed by atoms with Gasteiger partial charge < -0.3 is 14.5 Å². The Kier molecular flexibility index (Phi) is 2.98. The summed E-state index contributed by atoms with van der Waals surface area (Å²) in [6.45, 7) is 0. The number of hydrogen-bond donors (Lipinski definition) is 1. The largest absolute Gasteiger partial charge is 0.493 e. The van der Waals surface area contributed by atoms with Crippen LogP contribution in [0.3, 0.4) is 0 Å². The number of rotatable bonds is 3. The zero-order chi connectivity index (χ0) is 14.1. The van der Waals surface area contributed by atoms with Gasteiger partial charge in [0.15, 0.2) is 17.3 Å². The van der Waals surface area contributed by atoms with Crippen molar-refractivity contribution in [1.82, 2.24) is 15.0 Å². The van der Waals surface area contributed by atoms with Crippen LogP contribution < -0.4 is 9.47 Å². The first-order chi connectivity index (χ1) is 9.72. The molecule has 1 N–H and O–H groups in total. The molecule has 20 heavy (non-hydrogen) atoms. The Labute approximate surface area is 114 Å². The number of nitrogens with zero attached hydrogens (tertiary/aromatic N) is 2. The summed E-state index contributed by atoms with van der Waals surface area (Å²) in [7, 11) is 3.11. The molecule has 0 saturated carbocycles. The van der Waals surface area contributed by atoms with Crippen LogP contribution in [0.5, 0.6) is 11.5 Å². The molecule has 3 rings (SSSR count). The molecule has 2 aromatic heterocycles. The van der Waals surface area contributed by atoms with Crippen molar-refractivity contribution < 1.29 is 13.9 Å². The highest BCUT2D eigenvalue weighted by molar-refractivity contribution is 5.83. The summed E-state index contributed by atoms with van der Waals surface area (Å²) in [4.78, 5) is 11.2. The zero-order valence-corrected chi connectivity index (χ0v) is 11.0. The van der Waals surface area contributed by atoms with Gasteiger partial charge in [-0.05, 0) is 6.07 Å². The third-order valence-corrected chi connectivity index (χ3v) is 3.01. The average molecular weight is 273 g/mol. The van der Waals surface area contributed by atoms with Gasteiger partial charge >= 0.3 is 0 Å². The number of methoxy groups -OCH3 is 2. The van der Waals surface area contributed by atoms with Crippen molar-refractivity contribution in [2.45, 2.75) is 0 Å². The van der Waals surface area contributed by atoms with Gasteiger partial charge in [-0.3, -0.25) is 4.98 Å². The Balaban J connectivity index is 2.18. The first-order valence-electron chi connectivity index (χ1n) is 5.94. The van der Waals surface area contributed by atoms with E-state index in [0.29, 0.717) is 28.4 Å². The summed E-state index contributed by atoms with van der Waals surface area (Å²) in [5, 5.41) is 0. The quantitative estimate of drug-likeness (QED) is 0.797. The summed E-state index contributed by atoms with van der Waals surface area (Å²) in [6, 6.07) is 5.08. The van der Waals surface area contributed by atoms with Crippen LogP contribution in [0.4, 0.5) is 4.39 Å². The van der Waals surface area contributed by atoms with Crippen molar-refractivity contribution in [2.75, 3.05) is 14.2 Å². The minimum absolute atomic E-state index is 0.370. The van der Waals surface area contributed by atoms with Gasteiger partial charge in [0.25, 0.3) is 0 Å². The van der Waals surface area contributed by atoms with Gasteiger partial charge in [-0.15, -0.1) is 0 Å². The lowest BCUT2D eigenvalue weighted by molar-refractivity contribution is 0.356. The second kappa shape index (κ2) is 4.80. The highest BCUT2D eigenvalue weighted by atomic mass is 19.1. The van der Waals surface area contributed by atoms with Crippen LogP contribution in [0, 0.1) is 5.82 Å². The number of H-pyrrole nitrogens is 1. The van der Waals surface area contributed by atoms with E-state index in [-0.39, 0.29) is 0 Å². The molecule has 0 saturated heterocycles. The number of benzene rings is 1. The molecule has 0 aliphatic carbocycles. The first kappa shape index (κ1) is 12.4. The van der Waals surface area contributed by atoms with Crippen LogP contribution >= 0.6 is 0 Å². The summed E-state index contributed by atoms with van der Waals surface area (Å²) >= 11 is 0. The fraction of sp³-hybridized carbons (Fsp3) is 0.143. The fourth-order valence-corrected chi connectivity index (χ4v) is 2.03. The van der Waals surface area contributed by atoms with E-state index in [2.05, 4.69) is 15.0 Å². The van der Waals surface area contributed by atoms with Crippen molar-refractivity contribution in [3.63, 3.8) is 0 Å². The Morgan fingerprint density at radius 2 is 1.90 bits per heavy atom. The number of aromatic nitrogens is 3. The molecule has 1 aromatic carbocycles. The highest BCUT2D eigenvalue weighted by Crippen LogP contribution is 2.32. The smallest absolute Gasteiger partial charge is 0.163 e. The number of hydrogen-bond acceptors (Lipinski definition) is 4. The summed E-state index contributed by atoms with van der Waals surface area (Å²) < 4.78 is 24.2. The minimum atomic E-state index is -0.425. The molecule has 0 amide bonds. The van der Waals surface area contributed by atoms with Crippen molar-refractivity contribution in [1.29, 1.82) is 0 Å². The number of imidazole rings is 1. The number of pyridine rings is 1. The van der Waals surface area contributed by atoms with E-state index >= 15 is 0 Å². The lowest BCUT2D eigenvalue weighted by atomic mass is 10.2. The molecule has 0 aliphatic heterocycles. The van der Waals surface area contributed by atoms with E-state index in [1.807, 2.05) is 0 Å². The Morgan fingerprint density at radius 3 is 2.60 bits per heavy atom. The maximum Gasteiger partial charge on any atom is 0.163 e. The second-order valence-electron chi connectivity index (χ2n) is 4.17. The maximum atomic E-state index is 13.7. The highest BCUT2D eigenvalue weighted by Gasteiger charge is 2.13. The number of ether oxygens (including phenoxy) is 2. The van der Waals surface area contributed by atoms with E-state index in [1.165, 1.54) is 6.20 Å². The minimum Gasteiger partial charge on any atom is -0.493 e. The van der Waals surface area contributed by atoms with Crippen LogP contribution in [0.25, 0.3) is 22.4 Å². The first-order valence-corrected chi connectivity index (χ1v) is 5.94. The lowest BCUT2D eigenvalue weighted by Crippen LogP contribution is -1.89. The van der Waals surface area contributed by atoms with Crippen molar-refractivity contribution in [3.8, 4) is 22.9 Å². The molecule has 3 aromatic rings. The molecule has 0 spiro atoms. The van der Waals surface area contributed by atoms with Gasteiger partial charge in [-0.1, -0.05) is 0 Å². The number of aromatic amines is 1. The molecule has 0 unspecified atom stereocenters.